The molecule has 6 heteroatoms. The van der Waals surface area contributed by atoms with Crippen molar-refractivity contribution in [1.82, 2.24) is 5.32 Å². The molecule has 1 aliphatic rings. The van der Waals surface area contributed by atoms with Gasteiger partial charge in [0.1, 0.15) is 11.4 Å². The molecule has 110 valence electrons. The van der Waals surface area contributed by atoms with E-state index in [9.17, 15) is 19.4 Å². The molecule has 1 atom stereocenters. The summed E-state index contributed by atoms with van der Waals surface area (Å²) in [5, 5.41) is 22.4. The van der Waals surface area contributed by atoms with Gasteiger partial charge in [0, 0.05) is 6.54 Å². The topological polar surface area (TPSA) is 69.6 Å². The number of carbonyl (C=O) groups excluding carboxylic acids is 1. The third-order valence-corrected chi connectivity index (χ3v) is 3.94. The molecule has 0 heterocycles. The fourth-order valence-corrected chi connectivity index (χ4v) is 2.50. The number of aliphatic hydroxyl groups excluding tert-OH is 1. The lowest BCUT2D eigenvalue weighted by atomic mass is 10.0. The lowest BCUT2D eigenvalue weighted by molar-refractivity contribution is -0.139. The standard InChI is InChI=1S/C14H17ClFNO3/c15-10-4-3-9(7-11(10)16)12(18)8-17-13(19)14(20)5-1-2-6-14/h3-4,7,12,18,20H,1-2,5-6,8H2,(H,17,19). The van der Waals surface area contributed by atoms with E-state index in [-0.39, 0.29) is 11.6 Å². The summed E-state index contributed by atoms with van der Waals surface area (Å²) >= 11 is 5.56. The van der Waals surface area contributed by atoms with Gasteiger partial charge in [0.15, 0.2) is 0 Å². The summed E-state index contributed by atoms with van der Waals surface area (Å²) in [6, 6.07) is 3.97. The zero-order chi connectivity index (χ0) is 14.8. The van der Waals surface area contributed by atoms with Crippen LogP contribution in [0.1, 0.15) is 37.4 Å². The highest BCUT2D eigenvalue weighted by molar-refractivity contribution is 6.30. The van der Waals surface area contributed by atoms with E-state index in [1.165, 1.54) is 12.1 Å². The largest absolute Gasteiger partial charge is 0.387 e. The average Bonchev–Trinajstić information content (AvgIpc) is 2.87. The second-order valence-electron chi connectivity index (χ2n) is 5.14. The molecule has 0 radical (unpaired) electrons. The summed E-state index contributed by atoms with van der Waals surface area (Å²) in [5.74, 6) is -1.10. The van der Waals surface area contributed by atoms with Crippen LogP contribution in [-0.2, 0) is 4.79 Å². The van der Waals surface area contributed by atoms with Gasteiger partial charge in [-0.25, -0.2) is 4.39 Å². The maximum Gasteiger partial charge on any atom is 0.252 e. The number of hydrogen-bond acceptors (Lipinski definition) is 3. The summed E-state index contributed by atoms with van der Waals surface area (Å²) in [4.78, 5) is 11.9. The number of hydrogen-bond donors (Lipinski definition) is 3. The molecule has 2 rings (SSSR count). The highest BCUT2D eigenvalue weighted by Gasteiger charge is 2.38. The number of nitrogens with one attached hydrogen (secondary N) is 1. The van der Waals surface area contributed by atoms with Gasteiger partial charge in [-0.2, -0.15) is 0 Å². The Morgan fingerprint density at radius 3 is 2.70 bits per heavy atom. The first-order chi connectivity index (χ1) is 9.42. The first-order valence-corrected chi connectivity index (χ1v) is 6.94. The van der Waals surface area contributed by atoms with Gasteiger partial charge < -0.3 is 15.5 Å². The van der Waals surface area contributed by atoms with Crippen molar-refractivity contribution in [3.05, 3.63) is 34.6 Å². The van der Waals surface area contributed by atoms with Crippen LogP contribution >= 0.6 is 11.6 Å². The molecule has 1 saturated carbocycles. The highest BCUT2D eigenvalue weighted by atomic mass is 35.5. The number of halogens is 2. The Bertz CT molecular complexity index is 503. The third-order valence-electron chi connectivity index (χ3n) is 3.64. The van der Waals surface area contributed by atoms with Gasteiger partial charge in [-0.3, -0.25) is 4.79 Å². The van der Waals surface area contributed by atoms with E-state index in [4.69, 9.17) is 11.6 Å². The monoisotopic (exact) mass is 301 g/mol. The van der Waals surface area contributed by atoms with Gasteiger partial charge in [0.2, 0.25) is 0 Å². The molecular formula is C14H17ClFNO3. The minimum Gasteiger partial charge on any atom is -0.387 e. The van der Waals surface area contributed by atoms with Crippen molar-refractivity contribution >= 4 is 17.5 Å². The van der Waals surface area contributed by atoms with E-state index in [2.05, 4.69) is 5.32 Å². The van der Waals surface area contributed by atoms with Gasteiger partial charge in [0.25, 0.3) is 5.91 Å². The van der Waals surface area contributed by atoms with Gasteiger partial charge in [-0.05, 0) is 43.4 Å². The van der Waals surface area contributed by atoms with Gasteiger partial charge >= 0.3 is 0 Å². The normalized spacial score (nSPS) is 18.8. The minimum absolute atomic E-state index is 0.0229. The average molecular weight is 302 g/mol. The van der Waals surface area contributed by atoms with Crippen molar-refractivity contribution in [3.63, 3.8) is 0 Å². The van der Waals surface area contributed by atoms with Crippen LogP contribution in [0.4, 0.5) is 4.39 Å². The summed E-state index contributed by atoms with van der Waals surface area (Å²) in [6.45, 7) is -0.0811. The number of benzene rings is 1. The summed E-state index contributed by atoms with van der Waals surface area (Å²) < 4.78 is 13.3. The third kappa shape index (κ3) is 3.29. The number of aliphatic hydroxyl groups is 2. The fraction of sp³-hybridized carbons (Fsp3) is 0.500. The zero-order valence-electron chi connectivity index (χ0n) is 10.9. The van der Waals surface area contributed by atoms with Crippen LogP contribution in [0, 0.1) is 5.82 Å². The van der Waals surface area contributed by atoms with E-state index in [1.54, 1.807) is 0 Å². The van der Waals surface area contributed by atoms with E-state index in [0.717, 1.165) is 18.9 Å². The van der Waals surface area contributed by atoms with Crippen LogP contribution in [0.2, 0.25) is 5.02 Å². The van der Waals surface area contributed by atoms with E-state index in [1.807, 2.05) is 0 Å². The first-order valence-electron chi connectivity index (χ1n) is 6.56. The quantitative estimate of drug-likeness (QED) is 0.796. The minimum atomic E-state index is -1.33. The Morgan fingerprint density at radius 1 is 1.45 bits per heavy atom. The molecule has 1 unspecified atom stereocenters. The highest BCUT2D eigenvalue weighted by Crippen LogP contribution is 2.29. The molecule has 3 N–H and O–H groups in total. The van der Waals surface area contributed by atoms with Crippen molar-refractivity contribution in [1.29, 1.82) is 0 Å². The molecule has 4 nitrogen and oxygen atoms in total. The summed E-state index contributed by atoms with van der Waals surface area (Å²) in [6.07, 6.45) is 1.45. The molecular weight excluding hydrogens is 285 g/mol. The maximum atomic E-state index is 13.3. The van der Waals surface area contributed by atoms with E-state index in [0.29, 0.717) is 18.4 Å². The molecule has 0 bridgehead atoms. The molecule has 0 spiro atoms. The Morgan fingerprint density at radius 2 is 2.10 bits per heavy atom. The van der Waals surface area contributed by atoms with Crippen molar-refractivity contribution in [2.75, 3.05) is 6.54 Å². The van der Waals surface area contributed by atoms with Crippen molar-refractivity contribution < 1.29 is 19.4 Å². The second-order valence-corrected chi connectivity index (χ2v) is 5.55. The molecule has 1 aromatic carbocycles. The van der Waals surface area contributed by atoms with Gasteiger partial charge in [-0.1, -0.05) is 17.7 Å². The Labute approximate surface area is 121 Å². The van der Waals surface area contributed by atoms with Crippen LogP contribution in [0.15, 0.2) is 18.2 Å². The Hall–Kier alpha value is -1.17. The predicted octanol–water partition coefficient (Wildman–Crippen LogP) is 1.93. The molecule has 0 saturated heterocycles. The molecule has 1 fully saturated rings. The lowest BCUT2D eigenvalue weighted by Gasteiger charge is -2.22. The first kappa shape index (κ1) is 15.2. The lowest BCUT2D eigenvalue weighted by Crippen LogP contribution is -2.45. The molecule has 1 amide bonds. The van der Waals surface area contributed by atoms with Crippen LogP contribution in [-0.4, -0.2) is 28.3 Å². The predicted molar refractivity (Wildman–Crippen MR) is 72.8 cm³/mol. The smallest absolute Gasteiger partial charge is 0.252 e. The number of carbonyl (C=O) groups is 1. The molecule has 20 heavy (non-hydrogen) atoms. The summed E-state index contributed by atoms with van der Waals surface area (Å²) in [5.41, 5.74) is -1.00. The van der Waals surface area contributed by atoms with Crippen molar-refractivity contribution in [3.8, 4) is 0 Å². The van der Waals surface area contributed by atoms with Crippen LogP contribution < -0.4 is 5.32 Å². The SMILES string of the molecule is O=C(NCC(O)c1ccc(Cl)c(F)c1)C1(O)CCCC1. The zero-order valence-corrected chi connectivity index (χ0v) is 11.7. The van der Waals surface area contributed by atoms with Crippen LogP contribution in [0.3, 0.4) is 0 Å². The molecule has 0 aliphatic heterocycles. The van der Waals surface area contributed by atoms with E-state index < -0.39 is 23.4 Å². The number of rotatable bonds is 4. The Balaban J connectivity index is 1.93. The maximum absolute atomic E-state index is 13.3. The van der Waals surface area contributed by atoms with Crippen LogP contribution in [0.5, 0.6) is 0 Å². The summed E-state index contributed by atoms with van der Waals surface area (Å²) in [7, 11) is 0. The van der Waals surface area contributed by atoms with Gasteiger partial charge in [0.05, 0.1) is 11.1 Å². The van der Waals surface area contributed by atoms with Crippen molar-refractivity contribution in [2.45, 2.75) is 37.4 Å². The van der Waals surface area contributed by atoms with Gasteiger partial charge in [-0.15, -0.1) is 0 Å². The van der Waals surface area contributed by atoms with Crippen LogP contribution in [0.25, 0.3) is 0 Å². The molecule has 0 aromatic heterocycles. The Kier molecular flexibility index (Phi) is 4.62. The van der Waals surface area contributed by atoms with E-state index >= 15 is 0 Å². The second kappa shape index (κ2) is 6.08. The fourth-order valence-electron chi connectivity index (χ4n) is 2.38. The molecule has 1 aromatic rings. The van der Waals surface area contributed by atoms with Crippen molar-refractivity contribution in [2.24, 2.45) is 0 Å². The molecule has 1 aliphatic carbocycles. The number of amides is 1.